The van der Waals surface area contributed by atoms with Crippen LogP contribution in [0, 0.1) is 0 Å². The molecule has 0 fully saturated rings. The number of methoxy groups -OCH3 is 1. The predicted molar refractivity (Wildman–Crippen MR) is 124 cm³/mol. The minimum absolute atomic E-state index is 0.287. The van der Waals surface area contributed by atoms with Crippen LogP contribution in [0.5, 0.6) is 5.75 Å². The number of imidazole rings is 1. The lowest BCUT2D eigenvalue weighted by Gasteiger charge is -2.29. The summed E-state index contributed by atoms with van der Waals surface area (Å²) in [6.45, 7) is 1.77. The summed E-state index contributed by atoms with van der Waals surface area (Å²) in [6.07, 6.45) is 1.47. The lowest BCUT2D eigenvalue weighted by molar-refractivity contribution is 0.415. The number of rotatable bonds is 5. The lowest BCUT2D eigenvalue weighted by Crippen LogP contribution is -2.40. The molecular formula is C24H25N5O3. The highest BCUT2D eigenvalue weighted by molar-refractivity contribution is 5.77. The molecule has 0 unspecified atom stereocenters. The van der Waals surface area contributed by atoms with Crippen molar-refractivity contribution in [3.05, 3.63) is 81.0 Å². The van der Waals surface area contributed by atoms with E-state index in [-0.39, 0.29) is 11.2 Å². The molecule has 164 valence electrons. The third-order valence-electron chi connectivity index (χ3n) is 6.05. The Labute approximate surface area is 184 Å². The fraction of sp³-hybridized carbons (Fsp3) is 0.292. The van der Waals surface area contributed by atoms with Gasteiger partial charge in [-0.15, -0.1) is 0 Å². The molecule has 1 aliphatic rings. The minimum atomic E-state index is -0.346. The van der Waals surface area contributed by atoms with Crippen LogP contribution in [0.1, 0.15) is 12.0 Å². The smallest absolute Gasteiger partial charge is 0.332 e. The quantitative estimate of drug-likeness (QED) is 0.486. The molecule has 0 atom stereocenters. The number of aryl methyl sites for hydroxylation is 3. The molecule has 4 aromatic rings. The second-order valence-electron chi connectivity index (χ2n) is 7.98. The number of aromatic nitrogens is 4. The van der Waals surface area contributed by atoms with E-state index in [1.165, 1.54) is 9.13 Å². The summed E-state index contributed by atoms with van der Waals surface area (Å²) >= 11 is 0. The number of fused-ring (bicyclic) bond motifs is 3. The first-order valence-corrected chi connectivity index (χ1v) is 10.7. The molecule has 8 nitrogen and oxygen atoms in total. The van der Waals surface area contributed by atoms with Crippen molar-refractivity contribution in [1.29, 1.82) is 0 Å². The van der Waals surface area contributed by atoms with Crippen LogP contribution >= 0.6 is 0 Å². The van der Waals surface area contributed by atoms with Crippen LogP contribution in [0.25, 0.3) is 11.2 Å². The van der Waals surface area contributed by atoms with E-state index in [0.717, 1.165) is 30.0 Å². The second kappa shape index (κ2) is 8.03. The van der Waals surface area contributed by atoms with E-state index in [9.17, 15) is 9.59 Å². The van der Waals surface area contributed by atoms with Gasteiger partial charge in [0.05, 0.1) is 7.11 Å². The largest absolute Gasteiger partial charge is 0.497 e. The Bertz CT molecular complexity index is 1400. The van der Waals surface area contributed by atoms with Crippen molar-refractivity contribution in [2.45, 2.75) is 25.9 Å². The number of nitrogens with zero attached hydrogens (tertiary/aromatic N) is 5. The molecule has 2 aromatic heterocycles. The fourth-order valence-corrected chi connectivity index (χ4v) is 4.37. The zero-order chi connectivity index (χ0) is 22.2. The van der Waals surface area contributed by atoms with Gasteiger partial charge in [-0.25, -0.2) is 4.79 Å². The maximum absolute atomic E-state index is 13.4. The Balaban J connectivity index is 1.62. The van der Waals surface area contributed by atoms with Gasteiger partial charge in [-0.1, -0.05) is 36.4 Å². The number of hydrogen-bond donors (Lipinski definition) is 0. The van der Waals surface area contributed by atoms with E-state index in [4.69, 9.17) is 9.72 Å². The summed E-state index contributed by atoms with van der Waals surface area (Å²) < 4.78 is 10.1. The van der Waals surface area contributed by atoms with Crippen molar-refractivity contribution in [3.63, 3.8) is 0 Å². The van der Waals surface area contributed by atoms with E-state index < -0.39 is 0 Å². The van der Waals surface area contributed by atoms with E-state index in [1.807, 2.05) is 59.2 Å². The molecular weight excluding hydrogens is 406 g/mol. The number of ether oxygens (including phenoxy) is 1. The molecule has 5 rings (SSSR count). The van der Waals surface area contributed by atoms with Gasteiger partial charge >= 0.3 is 5.69 Å². The van der Waals surface area contributed by atoms with Crippen LogP contribution in [0.4, 0.5) is 11.6 Å². The Morgan fingerprint density at radius 1 is 1.03 bits per heavy atom. The van der Waals surface area contributed by atoms with E-state index in [1.54, 1.807) is 14.2 Å². The number of anilines is 2. The molecule has 0 aliphatic carbocycles. The normalized spacial score (nSPS) is 13.4. The van der Waals surface area contributed by atoms with Gasteiger partial charge < -0.3 is 14.2 Å². The molecule has 0 saturated heterocycles. The van der Waals surface area contributed by atoms with Crippen LogP contribution in [-0.4, -0.2) is 32.3 Å². The SMILES string of the molecule is COc1cccc(N2CCCn3c2nc2c3c(=O)n(CCc3ccccc3)c(=O)n2C)c1. The highest BCUT2D eigenvalue weighted by Crippen LogP contribution is 2.32. The van der Waals surface area contributed by atoms with Gasteiger partial charge in [-0.2, -0.15) is 4.98 Å². The van der Waals surface area contributed by atoms with Crippen LogP contribution < -0.4 is 20.9 Å². The Kier molecular flexibility index (Phi) is 5.05. The zero-order valence-electron chi connectivity index (χ0n) is 18.2. The molecule has 8 heteroatoms. The molecule has 2 aromatic carbocycles. The third kappa shape index (κ3) is 3.28. The van der Waals surface area contributed by atoms with Crippen molar-refractivity contribution in [2.75, 3.05) is 18.6 Å². The van der Waals surface area contributed by atoms with Crippen LogP contribution in [-0.2, 0) is 26.6 Å². The Hall–Kier alpha value is -3.81. The van der Waals surface area contributed by atoms with Gasteiger partial charge in [0.25, 0.3) is 5.56 Å². The first kappa shape index (κ1) is 20.1. The van der Waals surface area contributed by atoms with Gasteiger partial charge in [0.15, 0.2) is 11.2 Å². The summed E-state index contributed by atoms with van der Waals surface area (Å²) in [5.41, 5.74) is 2.28. The number of hydrogen-bond acceptors (Lipinski definition) is 5. The molecule has 0 N–H and O–H groups in total. The first-order chi connectivity index (χ1) is 15.6. The second-order valence-corrected chi connectivity index (χ2v) is 7.98. The van der Waals surface area contributed by atoms with Gasteiger partial charge in [0, 0.05) is 38.4 Å². The minimum Gasteiger partial charge on any atom is -0.497 e. The topological polar surface area (TPSA) is 74.3 Å². The lowest BCUT2D eigenvalue weighted by atomic mass is 10.1. The highest BCUT2D eigenvalue weighted by atomic mass is 16.5. The molecule has 0 amide bonds. The highest BCUT2D eigenvalue weighted by Gasteiger charge is 2.27. The fourth-order valence-electron chi connectivity index (χ4n) is 4.37. The van der Waals surface area contributed by atoms with Gasteiger partial charge in [-0.3, -0.25) is 13.9 Å². The van der Waals surface area contributed by atoms with E-state index in [0.29, 0.717) is 36.6 Å². The van der Waals surface area contributed by atoms with Crippen LogP contribution in [0.15, 0.2) is 64.2 Å². The Morgan fingerprint density at radius 3 is 2.62 bits per heavy atom. The standard InChI is InChI=1S/C24H25N5O3/c1-26-21-20(22(30)29(24(26)31)15-12-17-8-4-3-5-9-17)28-14-7-13-27(23(28)25-21)18-10-6-11-19(16-18)32-2/h3-6,8-11,16H,7,12-15H2,1-2H3. The summed E-state index contributed by atoms with van der Waals surface area (Å²) in [4.78, 5) is 33.3. The van der Waals surface area contributed by atoms with Crippen molar-refractivity contribution in [2.24, 2.45) is 7.05 Å². The first-order valence-electron chi connectivity index (χ1n) is 10.7. The predicted octanol–water partition coefficient (Wildman–Crippen LogP) is 2.69. The van der Waals surface area contributed by atoms with Crippen LogP contribution in [0.2, 0.25) is 0 Å². The van der Waals surface area contributed by atoms with Gasteiger partial charge in [-0.05, 0) is 30.5 Å². The van der Waals surface area contributed by atoms with Crippen LogP contribution in [0.3, 0.4) is 0 Å². The monoisotopic (exact) mass is 431 g/mol. The zero-order valence-corrected chi connectivity index (χ0v) is 18.2. The summed E-state index contributed by atoms with van der Waals surface area (Å²) in [7, 11) is 3.32. The molecule has 0 spiro atoms. The van der Waals surface area contributed by atoms with Crippen molar-refractivity contribution in [3.8, 4) is 5.75 Å². The Morgan fingerprint density at radius 2 is 1.84 bits per heavy atom. The number of benzene rings is 2. The van der Waals surface area contributed by atoms with E-state index >= 15 is 0 Å². The average Bonchev–Trinajstić information content (AvgIpc) is 3.23. The molecule has 0 saturated carbocycles. The van der Waals surface area contributed by atoms with Gasteiger partial charge in [0.1, 0.15) is 5.75 Å². The van der Waals surface area contributed by atoms with Crippen molar-refractivity contribution in [1.82, 2.24) is 18.7 Å². The molecule has 32 heavy (non-hydrogen) atoms. The summed E-state index contributed by atoms with van der Waals surface area (Å²) in [5.74, 6) is 1.43. The van der Waals surface area contributed by atoms with Crippen molar-refractivity contribution >= 4 is 22.8 Å². The summed E-state index contributed by atoms with van der Waals surface area (Å²) in [5, 5.41) is 0. The van der Waals surface area contributed by atoms with Gasteiger partial charge in [0.2, 0.25) is 5.95 Å². The maximum Gasteiger partial charge on any atom is 0.332 e. The van der Waals surface area contributed by atoms with Crippen molar-refractivity contribution < 1.29 is 4.74 Å². The molecule has 3 heterocycles. The molecule has 1 aliphatic heterocycles. The third-order valence-corrected chi connectivity index (χ3v) is 6.05. The molecule has 0 bridgehead atoms. The summed E-state index contributed by atoms with van der Waals surface area (Å²) in [6, 6.07) is 17.6. The molecule has 0 radical (unpaired) electrons. The average molecular weight is 431 g/mol. The van der Waals surface area contributed by atoms with E-state index in [2.05, 4.69) is 4.90 Å². The maximum atomic E-state index is 13.4.